The number of phenols is 1. The van der Waals surface area contributed by atoms with Gasteiger partial charge in [0.25, 0.3) is 12.2 Å². The number of carbonyl (C=O) groups is 5. The highest BCUT2D eigenvalue weighted by Crippen LogP contribution is 2.32. The SMILES string of the molecule is CC(NC(=O)c1cc(Cl)c(O)c(Cl)c1)C(=O)N1CCCC1C(=O)NC1CC(=O)OC1OC(=O)c1ccccc1. The number of halogens is 2. The summed E-state index contributed by atoms with van der Waals surface area (Å²) in [5.74, 6) is -3.41. The van der Waals surface area contributed by atoms with Gasteiger partial charge in [0, 0.05) is 12.1 Å². The molecule has 0 radical (unpaired) electrons. The van der Waals surface area contributed by atoms with Gasteiger partial charge in [0.2, 0.25) is 11.8 Å². The first-order valence-corrected chi connectivity index (χ1v) is 12.9. The zero-order valence-electron chi connectivity index (χ0n) is 20.7. The number of carbonyl (C=O) groups excluding carboxylic acids is 5. The fraction of sp³-hybridized carbons (Fsp3) is 0.346. The number of aromatic hydroxyl groups is 1. The Balaban J connectivity index is 1.38. The number of hydrogen-bond donors (Lipinski definition) is 3. The van der Waals surface area contributed by atoms with Crippen molar-refractivity contribution in [1.29, 1.82) is 0 Å². The van der Waals surface area contributed by atoms with Gasteiger partial charge in [0.15, 0.2) is 5.75 Å². The second-order valence-electron chi connectivity index (χ2n) is 9.12. The Morgan fingerprint density at radius 1 is 1.10 bits per heavy atom. The Hall–Kier alpha value is -3.83. The maximum atomic E-state index is 13.2. The third-order valence-corrected chi connectivity index (χ3v) is 6.93. The lowest BCUT2D eigenvalue weighted by Gasteiger charge is -2.28. The van der Waals surface area contributed by atoms with Crippen LogP contribution in [0.15, 0.2) is 42.5 Å². The maximum absolute atomic E-state index is 13.2. The molecule has 4 unspecified atom stereocenters. The smallest absolute Gasteiger partial charge is 0.341 e. The monoisotopic (exact) mass is 577 g/mol. The second kappa shape index (κ2) is 11.9. The minimum atomic E-state index is -1.32. The molecule has 0 aromatic heterocycles. The van der Waals surface area contributed by atoms with E-state index in [0.29, 0.717) is 12.8 Å². The van der Waals surface area contributed by atoms with Crippen LogP contribution in [0.1, 0.15) is 46.9 Å². The molecule has 2 aliphatic heterocycles. The van der Waals surface area contributed by atoms with E-state index in [1.165, 1.54) is 24.0 Å². The van der Waals surface area contributed by atoms with E-state index in [0.717, 1.165) is 0 Å². The van der Waals surface area contributed by atoms with Crippen molar-refractivity contribution < 1.29 is 38.6 Å². The summed E-state index contributed by atoms with van der Waals surface area (Å²) in [6.07, 6.45) is -0.622. The molecular formula is C26H25Cl2N3O8. The molecule has 3 amide bonds. The molecule has 0 spiro atoms. The van der Waals surface area contributed by atoms with E-state index in [1.54, 1.807) is 30.3 Å². The Morgan fingerprint density at radius 3 is 2.44 bits per heavy atom. The molecule has 2 aromatic carbocycles. The molecule has 13 heteroatoms. The summed E-state index contributed by atoms with van der Waals surface area (Å²) >= 11 is 11.8. The number of cyclic esters (lactones) is 1. The number of hydrogen-bond acceptors (Lipinski definition) is 8. The summed E-state index contributed by atoms with van der Waals surface area (Å²) in [6.45, 7) is 1.75. The minimum absolute atomic E-state index is 0.0418. The molecular weight excluding hydrogens is 553 g/mol. The lowest BCUT2D eigenvalue weighted by atomic mass is 10.1. The zero-order chi connectivity index (χ0) is 28.3. The van der Waals surface area contributed by atoms with Gasteiger partial charge in [-0.2, -0.15) is 0 Å². The van der Waals surface area contributed by atoms with Crippen molar-refractivity contribution in [2.75, 3.05) is 6.54 Å². The molecule has 2 heterocycles. The van der Waals surface area contributed by atoms with Gasteiger partial charge in [-0.25, -0.2) is 4.79 Å². The number of nitrogens with zero attached hydrogens (tertiary/aromatic N) is 1. The van der Waals surface area contributed by atoms with Gasteiger partial charge < -0.3 is 30.1 Å². The maximum Gasteiger partial charge on any atom is 0.341 e. The fourth-order valence-electron chi connectivity index (χ4n) is 4.38. The highest BCUT2D eigenvalue weighted by atomic mass is 35.5. The number of rotatable bonds is 7. The quantitative estimate of drug-likeness (QED) is 0.424. The minimum Gasteiger partial charge on any atom is -0.505 e. The average Bonchev–Trinajstić information content (AvgIpc) is 3.53. The van der Waals surface area contributed by atoms with Gasteiger partial charge in [0.1, 0.15) is 18.1 Å². The lowest BCUT2D eigenvalue weighted by molar-refractivity contribution is -0.156. The lowest BCUT2D eigenvalue weighted by Crippen LogP contribution is -2.54. The molecule has 4 atom stereocenters. The topological polar surface area (TPSA) is 151 Å². The molecule has 206 valence electrons. The normalized spacial score (nSPS) is 21.2. The van der Waals surface area contributed by atoms with Crippen LogP contribution in [0.2, 0.25) is 10.0 Å². The van der Waals surface area contributed by atoms with Crippen molar-refractivity contribution in [3.8, 4) is 5.75 Å². The highest BCUT2D eigenvalue weighted by molar-refractivity contribution is 6.37. The van der Waals surface area contributed by atoms with Gasteiger partial charge in [-0.05, 0) is 44.0 Å². The molecule has 2 fully saturated rings. The van der Waals surface area contributed by atoms with Gasteiger partial charge in [-0.1, -0.05) is 41.4 Å². The molecule has 0 saturated carbocycles. The van der Waals surface area contributed by atoms with Crippen molar-refractivity contribution in [3.05, 3.63) is 63.6 Å². The molecule has 0 aliphatic carbocycles. The molecule has 3 N–H and O–H groups in total. The third-order valence-electron chi connectivity index (χ3n) is 6.36. The Bertz CT molecular complexity index is 1280. The summed E-state index contributed by atoms with van der Waals surface area (Å²) < 4.78 is 10.4. The largest absolute Gasteiger partial charge is 0.505 e. The van der Waals surface area contributed by atoms with Crippen LogP contribution in [-0.4, -0.2) is 70.6 Å². The molecule has 4 rings (SSSR count). The van der Waals surface area contributed by atoms with Crippen molar-refractivity contribution in [3.63, 3.8) is 0 Å². The van der Waals surface area contributed by atoms with Gasteiger partial charge in [-0.15, -0.1) is 0 Å². The van der Waals surface area contributed by atoms with Crippen LogP contribution in [-0.2, 0) is 23.9 Å². The van der Waals surface area contributed by atoms with E-state index >= 15 is 0 Å². The van der Waals surface area contributed by atoms with E-state index in [2.05, 4.69) is 10.6 Å². The molecule has 0 bridgehead atoms. The van der Waals surface area contributed by atoms with Crippen LogP contribution in [0.3, 0.4) is 0 Å². The highest BCUT2D eigenvalue weighted by Gasteiger charge is 2.42. The Labute approximate surface area is 233 Å². The van der Waals surface area contributed by atoms with Gasteiger partial charge >= 0.3 is 11.9 Å². The molecule has 39 heavy (non-hydrogen) atoms. The summed E-state index contributed by atoms with van der Waals surface area (Å²) in [5, 5.41) is 14.7. The molecule has 2 aliphatic rings. The summed E-state index contributed by atoms with van der Waals surface area (Å²) in [4.78, 5) is 64.6. The summed E-state index contributed by atoms with van der Waals surface area (Å²) in [5.41, 5.74) is 0.297. The number of nitrogens with one attached hydrogen (secondary N) is 2. The van der Waals surface area contributed by atoms with Crippen molar-refractivity contribution >= 4 is 52.9 Å². The van der Waals surface area contributed by atoms with E-state index in [1.807, 2.05) is 0 Å². The average molecular weight is 578 g/mol. The van der Waals surface area contributed by atoms with Crippen LogP contribution >= 0.6 is 23.2 Å². The van der Waals surface area contributed by atoms with E-state index < -0.39 is 54.1 Å². The number of esters is 2. The zero-order valence-corrected chi connectivity index (χ0v) is 22.2. The van der Waals surface area contributed by atoms with Crippen LogP contribution in [0.5, 0.6) is 5.75 Å². The van der Waals surface area contributed by atoms with Crippen LogP contribution < -0.4 is 10.6 Å². The number of likely N-dealkylation sites (tertiary alicyclic amines) is 1. The first-order valence-electron chi connectivity index (χ1n) is 12.1. The Morgan fingerprint density at radius 2 is 1.77 bits per heavy atom. The van der Waals surface area contributed by atoms with Crippen LogP contribution in [0.4, 0.5) is 0 Å². The standard InChI is InChI=1S/C26H25Cl2N3O8/c1-13(29-22(34)15-10-16(27)21(33)17(28)11-15)24(36)31-9-5-8-19(31)23(35)30-18-12-20(32)38-26(18)39-25(37)14-6-3-2-4-7-14/h2-4,6-7,10-11,13,18-19,26,33H,5,8-9,12H2,1H3,(H,29,34)(H,30,35). The summed E-state index contributed by atoms with van der Waals surface area (Å²) in [6, 6.07) is 7.75. The number of benzene rings is 2. The first-order chi connectivity index (χ1) is 18.5. The predicted octanol–water partition coefficient (Wildman–Crippen LogP) is 2.42. The number of ether oxygens (including phenoxy) is 2. The Kier molecular flexibility index (Phi) is 8.61. The fourth-order valence-corrected chi connectivity index (χ4v) is 4.86. The second-order valence-corrected chi connectivity index (χ2v) is 9.94. The molecule has 2 aromatic rings. The van der Waals surface area contributed by atoms with Gasteiger partial charge in [0.05, 0.1) is 22.0 Å². The predicted molar refractivity (Wildman–Crippen MR) is 138 cm³/mol. The number of amides is 3. The number of phenolic OH excluding ortho intramolecular Hbond substituents is 1. The molecule has 2 saturated heterocycles. The van der Waals surface area contributed by atoms with Gasteiger partial charge in [-0.3, -0.25) is 19.2 Å². The van der Waals surface area contributed by atoms with Crippen LogP contribution in [0, 0.1) is 0 Å². The van der Waals surface area contributed by atoms with E-state index in [-0.39, 0.29) is 39.9 Å². The van der Waals surface area contributed by atoms with Crippen molar-refractivity contribution in [2.24, 2.45) is 0 Å². The van der Waals surface area contributed by atoms with Crippen molar-refractivity contribution in [1.82, 2.24) is 15.5 Å². The summed E-state index contributed by atoms with van der Waals surface area (Å²) in [7, 11) is 0. The molecule has 11 nitrogen and oxygen atoms in total. The van der Waals surface area contributed by atoms with E-state index in [9.17, 15) is 29.1 Å². The van der Waals surface area contributed by atoms with Crippen molar-refractivity contribution in [2.45, 2.75) is 50.6 Å². The van der Waals surface area contributed by atoms with Crippen LogP contribution in [0.25, 0.3) is 0 Å². The third kappa shape index (κ3) is 6.43. The van der Waals surface area contributed by atoms with E-state index in [4.69, 9.17) is 32.7 Å². The first kappa shape index (κ1) is 28.2.